The third-order valence-electron chi connectivity index (χ3n) is 4.39. The van der Waals surface area contributed by atoms with Gasteiger partial charge in [0.2, 0.25) is 0 Å². The third kappa shape index (κ3) is 6.36. The molecule has 3 rings (SSSR count). The maximum atomic E-state index is 12.4. The molecule has 0 spiro atoms. The summed E-state index contributed by atoms with van der Waals surface area (Å²) in [6.45, 7) is 2.33. The second-order valence-corrected chi connectivity index (χ2v) is 6.70. The van der Waals surface area contributed by atoms with E-state index in [-0.39, 0.29) is 12.3 Å². The van der Waals surface area contributed by atoms with Gasteiger partial charge in [-0.3, -0.25) is 0 Å². The average Bonchev–Trinajstić information content (AvgIpc) is 3.15. The van der Waals surface area contributed by atoms with Crippen LogP contribution in [-0.4, -0.2) is 34.3 Å². The molecule has 0 unspecified atom stereocenters. The number of anilines is 1. The SMILES string of the molecule is C=C(OCC(F)(F)F)/C(=C\C=C/N)CNc1ccc(Cc2c[nH]c3ncccc23)cn1. The first-order valence-corrected chi connectivity index (χ1v) is 9.42. The number of H-pyrrole nitrogens is 1. The minimum Gasteiger partial charge on any atom is -0.484 e. The number of nitrogens with zero attached hydrogens (tertiary/aromatic N) is 2. The number of ether oxygens (including phenoxy) is 1. The Morgan fingerprint density at radius 1 is 1.26 bits per heavy atom. The van der Waals surface area contributed by atoms with Crippen LogP contribution in [0.25, 0.3) is 11.0 Å². The van der Waals surface area contributed by atoms with Crippen molar-refractivity contribution in [3.8, 4) is 0 Å². The summed E-state index contributed by atoms with van der Waals surface area (Å²) in [5, 5.41) is 4.12. The lowest BCUT2D eigenvalue weighted by Gasteiger charge is -2.15. The number of pyridine rings is 2. The normalized spacial score (nSPS) is 12.4. The van der Waals surface area contributed by atoms with E-state index in [1.54, 1.807) is 18.5 Å². The Labute approximate surface area is 177 Å². The van der Waals surface area contributed by atoms with Gasteiger partial charge in [-0.05, 0) is 41.6 Å². The summed E-state index contributed by atoms with van der Waals surface area (Å²) in [7, 11) is 0. The minimum atomic E-state index is -4.44. The Morgan fingerprint density at radius 2 is 2.10 bits per heavy atom. The van der Waals surface area contributed by atoms with Crippen LogP contribution in [0, 0.1) is 0 Å². The summed E-state index contributed by atoms with van der Waals surface area (Å²) in [6, 6.07) is 7.64. The van der Waals surface area contributed by atoms with Crippen LogP contribution in [0.15, 0.2) is 79.1 Å². The van der Waals surface area contributed by atoms with Gasteiger partial charge in [0, 0.05) is 42.5 Å². The summed E-state index contributed by atoms with van der Waals surface area (Å²) < 4.78 is 41.9. The van der Waals surface area contributed by atoms with Gasteiger partial charge in [0.15, 0.2) is 6.61 Å². The molecule has 0 aromatic carbocycles. The van der Waals surface area contributed by atoms with E-state index in [9.17, 15) is 13.2 Å². The first-order chi connectivity index (χ1) is 14.9. The van der Waals surface area contributed by atoms with Gasteiger partial charge in [0.05, 0.1) is 0 Å². The number of halogens is 3. The van der Waals surface area contributed by atoms with Gasteiger partial charge in [0.1, 0.15) is 17.2 Å². The molecule has 0 aliphatic rings. The maximum absolute atomic E-state index is 12.4. The molecule has 0 fully saturated rings. The highest BCUT2D eigenvalue weighted by Gasteiger charge is 2.28. The zero-order valence-electron chi connectivity index (χ0n) is 16.6. The van der Waals surface area contributed by atoms with Gasteiger partial charge >= 0.3 is 6.18 Å². The standard InChI is InChI=1S/C22H22F3N5O/c1-15(31-14-22(23,24)25)17(4-2-8-26)12-29-20-7-6-16(11-28-20)10-18-13-30-21-19(18)5-3-9-27-21/h2-9,11,13H,1,10,12,14,26H2,(H,27,30)(H,28,29)/b8-2-,17-4-. The lowest BCUT2D eigenvalue weighted by Crippen LogP contribution is -2.18. The van der Waals surface area contributed by atoms with Crippen molar-refractivity contribution >= 4 is 16.9 Å². The highest BCUT2D eigenvalue weighted by atomic mass is 19.4. The number of aromatic nitrogens is 3. The van der Waals surface area contributed by atoms with Crippen LogP contribution in [0.1, 0.15) is 11.1 Å². The molecule has 0 aliphatic heterocycles. The molecular weight excluding hydrogens is 407 g/mol. The number of nitrogens with two attached hydrogens (primary N) is 1. The van der Waals surface area contributed by atoms with E-state index in [2.05, 4.69) is 26.8 Å². The van der Waals surface area contributed by atoms with Crippen molar-refractivity contribution < 1.29 is 17.9 Å². The lowest BCUT2D eigenvalue weighted by molar-refractivity contribution is -0.164. The maximum Gasteiger partial charge on any atom is 0.422 e. The molecule has 0 radical (unpaired) electrons. The quantitative estimate of drug-likeness (QED) is 0.345. The van der Waals surface area contributed by atoms with E-state index < -0.39 is 12.8 Å². The van der Waals surface area contributed by atoms with Crippen molar-refractivity contribution in [1.82, 2.24) is 15.0 Å². The molecule has 0 saturated heterocycles. The molecule has 9 heteroatoms. The second kappa shape index (κ2) is 9.84. The van der Waals surface area contributed by atoms with E-state index in [0.29, 0.717) is 17.8 Å². The number of hydrogen-bond acceptors (Lipinski definition) is 5. The van der Waals surface area contributed by atoms with Gasteiger partial charge in [-0.15, -0.1) is 0 Å². The molecule has 6 nitrogen and oxygen atoms in total. The molecule has 31 heavy (non-hydrogen) atoms. The van der Waals surface area contributed by atoms with E-state index in [1.165, 1.54) is 18.4 Å². The third-order valence-corrected chi connectivity index (χ3v) is 4.39. The molecule has 3 heterocycles. The van der Waals surface area contributed by atoms with E-state index in [1.807, 2.05) is 24.4 Å². The molecule has 0 bridgehead atoms. The zero-order chi connectivity index (χ0) is 22.3. The Kier molecular flexibility index (Phi) is 6.96. The van der Waals surface area contributed by atoms with Gasteiger partial charge < -0.3 is 20.8 Å². The highest BCUT2D eigenvalue weighted by molar-refractivity contribution is 5.79. The van der Waals surface area contributed by atoms with E-state index in [4.69, 9.17) is 10.5 Å². The number of hydrogen-bond donors (Lipinski definition) is 3. The summed E-state index contributed by atoms with van der Waals surface area (Å²) in [5.41, 5.74) is 8.70. The van der Waals surface area contributed by atoms with Crippen molar-refractivity contribution in [3.63, 3.8) is 0 Å². The summed E-state index contributed by atoms with van der Waals surface area (Å²) in [5.74, 6) is 0.475. The van der Waals surface area contributed by atoms with Crippen LogP contribution >= 0.6 is 0 Å². The van der Waals surface area contributed by atoms with Crippen LogP contribution in [0.3, 0.4) is 0 Å². The van der Waals surface area contributed by atoms with Gasteiger partial charge in [-0.1, -0.05) is 18.7 Å². The van der Waals surface area contributed by atoms with Crippen LogP contribution in [-0.2, 0) is 11.2 Å². The van der Waals surface area contributed by atoms with Crippen molar-refractivity contribution in [2.75, 3.05) is 18.5 Å². The Bertz CT molecular complexity index is 1080. The van der Waals surface area contributed by atoms with Crippen molar-refractivity contribution in [1.29, 1.82) is 0 Å². The van der Waals surface area contributed by atoms with E-state index in [0.717, 1.165) is 22.2 Å². The fraction of sp³-hybridized carbons (Fsp3) is 0.182. The molecule has 3 aromatic rings. The van der Waals surface area contributed by atoms with Crippen molar-refractivity contribution in [3.05, 3.63) is 90.2 Å². The molecule has 0 atom stereocenters. The average molecular weight is 429 g/mol. The molecule has 0 amide bonds. The first-order valence-electron chi connectivity index (χ1n) is 9.42. The Hall–Kier alpha value is -3.75. The number of allylic oxidation sites excluding steroid dienone is 2. The summed E-state index contributed by atoms with van der Waals surface area (Å²) in [6.07, 6.45) is 5.95. The fourth-order valence-electron chi connectivity index (χ4n) is 2.88. The summed E-state index contributed by atoms with van der Waals surface area (Å²) in [4.78, 5) is 11.8. The van der Waals surface area contributed by atoms with Crippen LogP contribution < -0.4 is 11.1 Å². The predicted octanol–water partition coefficient (Wildman–Crippen LogP) is 4.45. The van der Waals surface area contributed by atoms with Crippen molar-refractivity contribution in [2.24, 2.45) is 5.73 Å². The molecule has 0 aliphatic carbocycles. The number of rotatable bonds is 9. The lowest BCUT2D eigenvalue weighted by atomic mass is 10.1. The minimum absolute atomic E-state index is 0.0903. The summed E-state index contributed by atoms with van der Waals surface area (Å²) >= 11 is 0. The number of nitrogens with one attached hydrogen (secondary N) is 2. The first kappa shape index (κ1) is 21.9. The second-order valence-electron chi connectivity index (χ2n) is 6.70. The number of fused-ring (bicyclic) bond motifs is 1. The monoisotopic (exact) mass is 429 g/mol. The number of alkyl halides is 3. The van der Waals surface area contributed by atoms with Gasteiger partial charge in [0.25, 0.3) is 0 Å². The van der Waals surface area contributed by atoms with Gasteiger partial charge in [-0.25, -0.2) is 9.97 Å². The molecule has 0 saturated carbocycles. The number of aromatic amines is 1. The largest absolute Gasteiger partial charge is 0.484 e. The predicted molar refractivity (Wildman–Crippen MR) is 114 cm³/mol. The fourth-order valence-corrected chi connectivity index (χ4v) is 2.88. The van der Waals surface area contributed by atoms with Crippen molar-refractivity contribution in [2.45, 2.75) is 12.6 Å². The zero-order valence-corrected chi connectivity index (χ0v) is 16.6. The van der Waals surface area contributed by atoms with Crippen LogP contribution in [0.4, 0.5) is 19.0 Å². The molecule has 3 aromatic heterocycles. The molecule has 162 valence electrons. The van der Waals surface area contributed by atoms with Gasteiger partial charge in [-0.2, -0.15) is 13.2 Å². The van der Waals surface area contributed by atoms with Crippen LogP contribution in [0.5, 0.6) is 0 Å². The molecular formula is C22H22F3N5O. The highest BCUT2D eigenvalue weighted by Crippen LogP contribution is 2.21. The molecule has 4 N–H and O–H groups in total. The Morgan fingerprint density at radius 3 is 2.81 bits per heavy atom. The Balaban J connectivity index is 1.61. The van der Waals surface area contributed by atoms with E-state index >= 15 is 0 Å². The smallest absolute Gasteiger partial charge is 0.422 e. The topological polar surface area (TPSA) is 88.9 Å². The van der Waals surface area contributed by atoms with Crippen LogP contribution in [0.2, 0.25) is 0 Å².